The molecule has 3 aromatic carbocycles. The zero-order valence-corrected chi connectivity index (χ0v) is 18.4. The lowest BCUT2D eigenvalue weighted by Gasteiger charge is -2.30. The summed E-state index contributed by atoms with van der Waals surface area (Å²) in [5.74, 6) is 0. The molecule has 3 aromatic rings. The third kappa shape index (κ3) is 4.32. The molecule has 0 radical (unpaired) electrons. The first-order chi connectivity index (χ1) is 12.8. The van der Waals surface area contributed by atoms with Crippen LogP contribution < -0.4 is 20.9 Å². The van der Waals surface area contributed by atoms with E-state index in [4.69, 9.17) is 0 Å². The monoisotopic (exact) mass is 393 g/mol. The minimum Gasteiger partial charge on any atom is -0.297 e. The van der Waals surface area contributed by atoms with Gasteiger partial charge >= 0.3 is 0 Å². The van der Waals surface area contributed by atoms with Crippen LogP contribution in [0.5, 0.6) is 0 Å². The number of hydrogen-bond acceptors (Lipinski definition) is 1. The molecule has 2 atom stereocenters. The van der Waals surface area contributed by atoms with Gasteiger partial charge in [0.1, 0.15) is 0 Å². The van der Waals surface area contributed by atoms with Gasteiger partial charge in [0, 0.05) is 16.7 Å². The fraction of sp³-hybridized carbons (Fsp3) is 0.217. The molecular formula is C23H28NOPSi. The Morgan fingerprint density at radius 2 is 1.30 bits per heavy atom. The quantitative estimate of drug-likeness (QED) is 0.481. The summed E-state index contributed by atoms with van der Waals surface area (Å²) in [5, 5.41) is 6.60. The van der Waals surface area contributed by atoms with Gasteiger partial charge in [-0.1, -0.05) is 92.4 Å². The fourth-order valence-electron chi connectivity index (χ4n) is 3.39. The Bertz CT molecular complexity index is 935. The lowest BCUT2D eigenvalue weighted by molar-refractivity contribution is 0.568. The van der Waals surface area contributed by atoms with Crippen molar-refractivity contribution in [2.24, 2.45) is 0 Å². The topological polar surface area (TPSA) is 29.1 Å². The minimum absolute atomic E-state index is 0.0214. The van der Waals surface area contributed by atoms with Crippen molar-refractivity contribution >= 4 is 31.2 Å². The van der Waals surface area contributed by atoms with Gasteiger partial charge in [-0.05, 0) is 29.8 Å². The van der Waals surface area contributed by atoms with Crippen molar-refractivity contribution in [3.8, 4) is 0 Å². The highest BCUT2D eigenvalue weighted by atomic mass is 31.2. The standard InChI is InChI=1S/C23H28NOPSi/c1-19(20-13-7-5-8-14-20)24-26(25,21-15-9-6-10-16-21)22-17-11-12-18-23(22)27(2,3)4/h5-19H,1-4H3,(H,24,25). The normalized spacial score (nSPS) is 15.1. The second-order valence-corrected chi connectivity index (χ2v) is 15.5. The largest absolute Gasteiger partial charge is 0.297 e. The molecule has 0 fully saturated rings. The zero-order chi connectivity index (χ0) is 19.5. The van der Waals surface area contributed by atoms with Crippen LogP contribution in [-0.4, -0.2) is 8.07 Å². The molecule has 0 aliphatic rings. The molecule has 0 aromatic heterocycles. The average Bonchev–Trinajstić information content (AvgIpc) is 2.68. The van der Waals surface area contributed by atoms with Crippen LogP contribution in [0.15, 0.2) is 84.9 Å². The van der Waals surface area contributed by atoms with Gasteiger partial charge in [0.25, 0.3) is 0 Å². The lowest BCUT2D eigenvalue weighted by atomic mass is 10.1. The van der Waals surface area contributed by atoms with E-state index in [2.05, 4.69) is 55.9 Å². The van der Waals surface area contributed by atoms with E-state index in [0.29, 0.717) is 0 Å². The Morgan fingerprint density at radius 3 is 1.89 bits per heavy atom. The van der Waals surface area contributed by atoms with Crippen LogP contribution >= 0.6 is 7.29 Å². The second kappa shape index (κ2) is 7.98. The van der Waals surface area contributed by atoms with E-state index >= 15 is 0 Å². The minimum atomic E-state index is -3.00. The van der Waals surface area contributed by atoms with Crippen molar-refractivity contribution in [1.82, 2.24) is 5.09 Å². The van der Waals surface area contributed by atoms with Gasteiger partial charge in [-0.15, -0.1) is 0 Å². The zero-order valence-electron chi connectivity index (χ0n) is 16.5. The Balaban J connectivity index is 2.15. The molecule has 0 amide bonds. The molecule has 140 valence electrons. The van der Waals surface area contributed by atoms with Gasteiger partial charge in [-0.3, -0.25) is 9.65 Å². The van der Waals surface area contributed by atoms with E-state index in [9.17, 15) is 4.57 Å². The van der Waals surface area contributed by atoms with Crippen molar-refractivity contribution in [3.63, 3.8) is 0 Å². The van der Waals surface area contributed by atoms with Crippen molar-refractivity contribution in [2.75, 3.05) is 0 Å². The predicted molar refractivity (Wildman–Crippen MR) is 121 cm³/mol. The smallest absolute Gasteiger partial charge is 0.205 e. The molecule has 3 rings (SSSR count). The first-order valence-electron chi connectivity index (χ1n) is 9.41. The molecule has 27 heavy (non-hydrogen) atoms. The summed E-state index contributed by atoms with van der Waals surface area (Å²) in [6.07, 6.45) is 0. The molecule has 0 heterocycles. The molecule has 2 unspecified atom stereocenters. The van der Waals surface area contributed by atoms with Crippen molar-refractivity contribution < 1.29 is 4.57 Å². The van der Waals surface area contributed by atoms with E-state index in [1.54, 1.807) is 0 Å². The molecule has 0 aliphatic heterocycles. The highest BCUT2D eigenvalue weighted by Gasteiger charge is 2.34. The van der Waals surface area contributed by atoms with Crippen LogP contribution in [0.3, 0.4) is 0 Å². The Kier molecular flexibility index (Phi) is 5.85. The van der Waals surface area contributed by atoms with Crippen LogP contribution in [0.1, 0.15) is 18.5 Å². The average molecular weight is 394 g/mol. The van der Waals surface area contributed by atoms with E-state index in [1.165, 1.54) is 5.19 Å². The maximum absolute atomic E-state index is 14.6. The van der Waals surface area contributed by atoms with Crippen LogP contribution in [0, 0.1) is 0 Å². The van der Waals surface area contributed by atoms with Gasteiger partial charge in [-0.2, -0.15) is 0 Å². The Morgan fingerprint density at radius 1 is 0.778 bits per heavy atom. The summed E-state index contributed by atoms with van der Waals surface area (Å²) in [6, 6.07) is 28.3. The summed E-state index contributed by atoms with van der Waals surface area (Å²) >= 11 is 0. The van der Waals surface area contributed by atoms with Gasteiger partial charge in [-0.25, -0.2) is 0 Å². The van der Waals surface area contributed by atoms with Gasteiger partial charge in [0.05, 0.1) is 8.07 Å². The molecule has 2 nitrogen and oxygen atoms in total. The van der Waals surface area contributed by atoms with E-state index in [1.807, 2.05) is 60.7 Å². The molecule has 0 spiro atoms. The molecule has 0 bridgehead atoms. The maximum Gasteiger partial charge on any atom is 0.205 e. The van der Waals surface area contributed by atoms with Crippen molar-refractivity contribution in [1.29, 1.82) is 0 Å². The Labute approximate surface area is 164 Å². The second-order valence-electron chi connectivity index (χ2n) is 7.97. The summed E-state index contributed by atoms with van der Waals surface area (Å²) in [4.78, 5) is 0. The fourth-order valence-corrected chi connectivity index (χ4v) is 8.88. The first-order valence-corrected chi connectivity index (χ1v) is 14.6. The van der Waals surface area contributed by atoms with E-state index < -0.39 is 15.4 Å². The number of rotatable bonds is 6. The number of hydrogen-bond donors (Lipinski definition) is 1. The van der Waals surface area contributed by atoms with E-state index in [-0.39, 0.29) is 6.04 Å². The first kappa shape index (κ1) is 19.8. The highest BCUT2D eigenvalue weighted by molar-refractivity contribution is 7.77. The Hall–Kier alpha value is -1.93. The molecule has 0 saturated heterocycles. The van der Waals surface area contributed by atoms with Crippen molar-refractivity contribution in [2.45, 2.75) is 32.6 Å². The SMILES string of the molecule is CC(NP(=O)(c1ccccc1)c1ccccc1[Si](C)(C)C)c1ccccc1. The van der Waals surface area contributed by atoms with Gasteiger partial charge in [0.15, 0.2) is 0 Å². The van der Waals surface area contributed by atoms with Gasteiger partial charge < -0.3 is 0 Å². The molecule has 1 N–H and O–H groups in total. The van der Waals surface area contributed by atoms with Crippen LogP contribution in [-0.2, 0) is 4.57 Å². The summed E-state index contributed by atoms with van der Waals surface area (Å²) in [6.45, 7) is 9.01. The number of benzene rings is 3. The summed E-state index contributed by atoms with van der Waals surface area (Å²) < 4.78 is 14.6. The van der Waals surface area contributed by atoms with E-state index in [0.717, 1.165) is 16.2 Å². The van der Waals surface area contributed by atoms with Crippen LogP contribution in [0.2, 0.25) is 19.6 Å². The number of nitrogens with one attached hydrogen (secondary N) is 1. The van der Waals surface area contributed by atoms with Crippen LogP contribution in [0.25, 0.3) is 0 Å². The lowest BCUT2D eigenvalue weighted by Crippen LogP contribution is -2.49. The highest BCUT2D eigenvalue weighted by Crippen LogP contribution is 2.41. The molecule has 0 saturated carbocycles. The van der Waals surface area contributed by atoms with Crippen LogP contribution in [0.4, 0.5) is 0 Å². The molecule has 4 heteroatoms. The third-order valence-corrected chi connectivity index (χ3v) is 9.95. The molecular weight excluding hydrogens is 365 g/mol. The summed E-state index contributed by atoms with van der Waals surface area (Å²) in [7, 11) is -4.66. The third-order valence-electron chi connectivity index (χ3n) is 4.85. The summed E-state index contributed by atoms with van der Waals surface area (Å²) in [5.41, 5.74) is 1.14. The van der Waals surface area contributed by atoms with Gasteiger partial charge in [0.2, 0.25) is 7.29 Å². The maximum atomic E-state index is 14.6. The predicted octanol–water partition coefficient (Wildman–Crippen LogP) is 4.81. The molecule has 0 aliphatic carbocycles. The van der Waals surface area contributed by atoms with Crippen molar-refractivity contribution in [3.05, 3.63) is 90.5 Å².